The van der Waals surface area contributed by atoms with Crippen LogP contribution in [0.4, 0.5) is 4.39 Å². The van der Waals surface area contributed by atoms with Gasteiger partial charge in [0.15, 0.2) is 0 Å². The van der Waals surface area contributed by atoms with Gasteiger partial charge in [-0.1, -0.05) is 13.0 Å². The molecule has 1 aromatic rings. The number of aliphatic hydroxyl groups is 1. The van der Waals surface area contributed by atoms with Crippen molar-refractivity contribution in [1.29, 1.82) is 0 Å². The van der Waals surface area contributed by atoms with Crippen molar-refractivity contribution in [2.75, 3.05) is 19.6 Å². The minimum Gasteiger partial charge on any atom is -0.385 e. The maximum absolute atomic E-state index is 13.3. The molecule has 1 fully saturated rings. The number of benzene rings is 1. The lowest BCUT2D eigenvalue weighted by Gasteiger charge is -2.38. The van der Waals surface area contributed by atoms with E-state index in [1.807, 2.05) is 6.92 Å². The predicted molar refractivity (Wildman–Crippen MR) is 66.4 cm³/mol. The SMILES string of the molecule is CCN1CCC(O)(c2cc(F)ccc2C)CC1. The Bertz CT molecular complexity index is 397. The van der Waals surface area contributed by atoms with E-state index < -0.39 is 5.60 Å². The van der Waals surface area contributed by atoms with Gasteiger partial charge in [-0.15, -0.1) is 0 Å². The van der Waals surface area contributed by atoms with Crippen LogP contribution in [-0.2, 0) is 5.60 Å². The minimum atomic E-state index is -0.849. The second kappa shape index (κ2) is 4.75. The maximum atomic E-state index is 13.3. The molecule has 0 amide bonds. The second-order valence-corrected chi connectivity index (χ2v) is 4.93. The van der Waals surface area contributed by atoms with Crippen molar-refractivity contribution >= 4 is 0 Å². The highest BCUT2D eigenvalue weighted by molar-refractivity contribution is 5.32. The fraction of sp³-hybridized carbons (Fsp3) is 0.571. The molecule has 0 unspecified atom stereocenters. The Hall–Kier alpha value is -0.930. The van der Waals surface area contributed by atoms with Crippen LogP contribution in [0.3, 0.4) is 0 Å². The third-order valence-corrected chi connectivity index (χ3v) is 3.83. The normalized spacial score (nSPS) is 20.5. The first-order valence-corrected chi connectivity index (χ1v) is 6.26. The number of aryl methyl sites for hydroxylation is 1. The van der Waals surface area contributed by atoms with Crippen molar-refractivity contribution in [2.45, 2.75) is 32.3 Å². The van der Waals surface area contributed by atoms with Gasteiger partial charge in [-0.05, 0) is 49.6 Å². The summed E-state index contributed by atoms with van der Waals surface area (Å²) in [7, 11) is 0. The highest BCUT2D eigenvalue weighted by Crippen LogP contribution is 2.34. The molecular weight excluding hydrogens is 217 g/mol. The van der Waals surface area contributed by atoms with E-state index in [9.17, 15) is 9.50 Å². The third kappa shape index (κ3) is 2.50. The molecule has 0 aliphatic carbocycles. The van der Waals surface area contributed by atoms with Crippen molar-refractivity contribution in [3.05, 3.63) is 35.1 Å². The first-order chi connectivity index (χ1) is 8.05. The lowest BCUT2D eigenvalue weighted by atomic mass is 9.82. The molecule has 2 nitrogen and oxygen atoms in total. The molecule has 17 heavy (non-hydrogen) atoms. The third-order valence-electron chi connectivity index (χ3n) is 3.83. The molecule has 2 rings (SSSR count). The number of rotatable bonds is 2. The van der Waals surface area contributed by atoms with Gasteiger partial charge in [0.05, 0.1) is 5.60 Å². The summed E-state index contributed by atoms with van der Waals surface area (Å²) < 4.78 is 13.3. The lowest BCUT2D eigenvalue weighted by Crippen LogP contribution is -2.42. The zero-order valence-corrected chi connectivity index (χ0v) is 10.5. The van der Waals surface area contributed by atoms with Gasteiger partial charge < -0.3 is 10.0 Å². The Kier molecular flexibility index (Phi) is 3.50. The maximum Gasteiger partial charge on any atom is 0.123 e. The van der Waals surface area contributed by atoms with E-state index >= 15 is 0 Å². The monoisotopic (exact) mass is 237 g/mol. The summed E-state index contributed by atoms with van der Waals surface area (Å²) in [5, 5.41) is 10.7. The molecule has 0 atom stereocenters. The number of piperidine rings is 1. The van der Waals surface area contributed by atoms with E-state index in [2.05, 4.69) is 11.8 Å². The number of halogens is 1. The molecule has 0 spiro atoms. The fourth-order valence-electron chi connectivity index (χ4n) is 2.60. The van der Waals surface area contributed by atoms with Crippen LogP contribution in [0.5, 0.6) is 0 Å². The Balaban J connectivity index is 2.24. The molecule has 3 heteroatoms. The number of hydrogen-bond acceptors (Lipinski definition) is 2. The van der Waals surface area contributed by atoms with E-state index in [4.69, 9.17) is 0 Å². The molecule has 0 saturated carbocycles. The Labute approximate surface area is 102 Å². The van der Waals surface area contributed by atoms with Crippen LogP contribution < -0.4 is 0 Å². The van der Waals surface area contributed by atoms with Crippen molar-refractivity contribution in [3.8, 4) is 0 Å². The highest BCUT2D eigenvalue weighted by Gasteiger charge is 2.34. The van der Waals surface area contributed by atoms with Crippen LogP contribution in [-0.4, -0.2) is 29.6 Å². The van der Waals surface area contributed by atoms with E-state index in [1.54, 1.807) is 6.07 Å². The number of hydrogen-bond donors (Lipinski definition) is 1. The van der Waals surface area contributed by atoms with Gasteiger partial charge in [-0.3, -0.25) is 0 Å². The zero-order valence-electron chi connectivity index (χ0n) is 10.5. The van der Waals surface area contributed by atoms with Crippen molar-refractivity contribution < 1.29 is 9.50 Å². The predicted octanol–water partition coefficient (Wildman–Crippen LogP) is 2.44. The van der Waals surface area contributed by atoms with E-state index in [1.165, 1.54) is 12.1 Å². The smallest absolute Gasteiger partial charge is 0.123 e. The lowest BCUT2D eigenvalue weighted by molar-refractivity contribution is -0.0253. The fourth-order valence-corrected chi connectivity index (χ4v) is 2.60. The molecule has 1 aromatic carbocycles. The van der Waals surface area contributed by atoms with E-state index in [0.717, 1.165) is 30.8 Å². The van der Waals surface area contributed by atoms with Crippen LogP contribution >= 0.6 is 0 Å². The summed E-state index contributed by atoms with van der Waals surface area (Å²) in [5.41, 5.74) is 0.879. The van der Waals surface area contributed by atoms with Crippen molar-refractivity contribution in [1.82, 2.24) is 4.90 Å². The van der Waals surface area contributed by atoms with Gasteiger partial charge in [-0.2, -0.15) is 0 Å². The summed E-state index contributed by atoms with van der Waals surface area (Å²) in [5.74, 6) is -0.267. The topological polar surface area (TPSA) is 23.5 Å². The van der Waals surface area contributed by atoms with Gasteiger partial charge in [0.2, 0.25) is 0 Å². The second-order valence-electron chi connectivity index (χ2n) is 4.93. The first-order valence-electron chi connectivity index (χ1n) is 6.26. The summed E-state index contributed by atoms with van der Waals surface area (Å²) in [6.45, 7) is 6.82. The van der Waals surface area contributed by atoms with Crippen LogP contribution in [0, 0.1) is 12.7 Å². The molecular formula is C14H20FNO. The molecule has 1 aliphatic heterocycles. The summed E-state index contributed by atoms with van der Waals surface area (Å²) in [6.07, 6.45) is 1.37. The molecule has 0 aromatic heterocycles. The summed E-state index contributed by atoms with van der Waals surface area (Å²) in [4.78, 5) is 2.31. The van der Waals surface area contributed by atoms with Crippen LogP contribution in [0.15, 0.2) is 18.2 Å². The van der Waals surface area contributed by atoms with Crippen LogP contribution in [0.25, 0.3) is 0 Å². The standard InChI is InChI=1S/C14H20FNO/c1-3-16-8-6-14(17,7-9-16)13-10-12(15)5-4-11(13)2/h4-5,10,17H,3,6-9H2,1-2H3. The van der Waals surface area contributed by atoms with Gasteiger partial charge in [0.25, 0.3) is 0 Å². The summed E-state index contributed by atoms with van der Waals surface area (Å²) >= 11 is 0. The van der Waals surface area contributed by atoms with Gasteiger partial charge in [0, 0.05) is 13.1 Å². The molecule has 0 radical (unpaired) electrons. The Morgan fingerprint density at radius 1 is 1.35 bits per heavy atom. The number of likely N-dealkylation sites (tertiary alicyclic amines) is 1. The van der Waals surface area contributed by atoms with Gasteiger partial charge in [-0.25, -0.2) is 4.39 Å². The molecule has 94 valence electrons. The first kappa shape index (κ1) is 12.5. The quantitative estimate of drug-likeness (QED) is 0.854. The Morgan fingerprint density at radius 3 is 2.59 bits per heavy atom. The Morgan fingerprint density at radius 2 is 2.00 bits per heavy atom. The molecule has 1 heterocycles. The van der Waals surface area contributed by atoms with Crippen LogP contribution in [0.1, 0.15) is 30.9 Å². The van der Waals surface area contributed by atoms with Crippen LogP contribution in [0.2, 0.25) is 0 Å². The summed E-state index contributed by atoms with van der Waals surface area (Å²) in [6, 6.07) is 4.68. The average molecular weight is 237 g/mol. The van der Waals surface area contributed by atoms with Gasteiger partial charge in [0.1, 0.15) is 5.82 Å². The van der Waals surface area contributed by atoms with E-state index in [0.29, 0.717) is 12.8 Å². The largest absolute Gasteiger partial charge is 0.385 e. The van der Waals surface area contributed by atoms with Crippen molar-refractivity contribution in [2.24, 2.45) is 0 Å². The average Bonchev–Trinajstić information content (AvgIpc) is 2.33. The highest BCUT2D eigenvalue weighted by atomic mass is 19.1. The molecule has 1 saturated heterocycles. The van der Waals surface area contributed by atoms with E-state index in [-0.39, 0.29) is 5.82 Å². The molecule has 1 N–H and O–H groups in total. The zero-order chi connectivity index (χ0) is 12.5. The number of nitrogens with zero attached hydrogens (tertiary/aromatic N) is 1. The minimum absolute atomic E-state index is 0.267. The molecule has 0 bridgehead atoms. The molecule has 1 aliphatic rings. The van der Waals surface area contributed by atoms with Gasteiger partial charge >= 0.3 is 0 Å². The van der Waals surface area contributed by atoms with Crippen molar-refractivity contribution in [3.63, 3.8) is 0 Å².